The van der Waals surface area contributed by atoms with Gasteiger partial charge in [0.1, 0.15) is 17.3 Å². The van der Waals surface area contributed by atoms with Gasteiger partial charge in [-0.1, -0.05) is 18.2 Å². The third-order valence-corrected chi connectivity index (χ3v) is 6.22. The standard InChI is InChI=1S/C24H23FN2O3/c25-20-5-2-1-4-19(20)22-10-8-18(30-22)9-11-23(28)26-13-16-12-17(15-26)21-6-3-7-24(29)27(21)14-16/h1-8,10,16-17H,9,11-15H2. The molecular weight excluding hydrogens is 383 g/mol. The van der Waals surface area contributed by atoms with E-state index < -0.39 is 0 Å². The van der Waals surface area contributed by atoms with Crippen molar-refractivity contribution in [1.29, 1.82) is 0 Å². The number of furan rings is 1. The number of fused-ring (bicyclic) bond motifs is 4. The van der Waals surface area contributed by atoms with Gasteiger partial charge in [0.05, 0.1) is 5.56 Å². The Kier molecular flexibility index (Phi) is 4.77. The number of piperidine rings is 1. The van der Waals surface area contributed by atoms with Gasteiger partial charge in [-0.25, -0.2) is 4.39 Å². The fraction of sp³-hybridized carbons (Fsp3) is 0.333. The number of hydrogen-bond donors (Lipinski definition) is 0. The van der Waals surface area contributed by atoms with E-state index in [9.17, 15) is 14.0 Å². The van der Waals surface area contributed by atoms with Crippen molar-refractivity contribution in [2.24, 2.45) is 5.92 Å². The highest BCUT2D eigenvalue weighted by molar-refractivity contribution is 5.76. The molecule has 0 N–H and O–H groups in total. The molecule has 30 heavy (non-hydrogen) atoms. The van der Waals surface area contributed by atoms with Crippen LogP contribution in [0.15, 0.2) is 63.8 Å². The van der Waals surface area contributed by atoms with Gasteiger partial charge >= 0.3 is 0 Å². The van der Waals surface area contributed by atoms with Crippen molar-refractivity contribution in [3.8, 4) is 11.3 Å². The lowest BCUT2D eigenvalue weighted by molar-refractivity contribution is -0.134. The van der Waals surface area contributed by atoms with Crippen LogP contribution in [0.2, 0.25) is 0 Å². The number of benzene rings is 1. The summed E-state index contributed by atoms with van der Waals surface area (Å²) in [6, 6.07) is 15.5. The molecule has 4 heterocycles. The largest absolute Gasteiger partial charge is 0.461 e. The van der Waals surface area contributed by atoms with Crippen molar-refractivity contribution in [1.82, 2.24) is 9.47 Å². The molecule has 0 radical (unpaired) electrons. The second-order valence-electron chi connectivity index (χ2n) is 8.24. The van der Waals surface area contributed by atoms with E-state index in [4.69, 9.17) is 4.42 Å². The predicted molar refractivity (Wildman–Crippen MR) is 111 cm³/mol. The van der Waals surface area contributed by atoms with Crippen molar-refractivity contribution >= 4 is 5.91 Å². The summed E-state index contributed by atoms with van der Waals surface area (Å²) in [6.07, 6.45) is 1.86. The second-order valence-corrected chi connectivity index (χ2v) is 8.24. The smallest absolute Gasteiger partial charge is 0.250 e. The number of aryl methyl sites for hydroxylation is 1. The first kappa shape index (κ1) is 18.9. The van der Waals surface area contributed by atoms with Crippen molar-refractivity contribution in [3.63, 3.8) is 0 Å². The van der Waals surface area contributed by atoms with Gasteiger partial charge in [-0.2, -0.15) is 0 Å². The van der Waals surface area contributed by atoms with Crippen molar-refractivity contribution in [2.75, 3.05) is 13.1 Å². The van der Waals surface area contributed by atoms with E-state index in [-0.39, 0.29) is 23.2 Å². The maximum absolute atomic E-state index is 13.9. The molecule has 154 valence electrons. The van der Waals surface area contributed by atoms with Crippen LogP contribution in [0.25, 0.3) is 11.3 Å². The molecule has 1 amide bonds. The van der Waals surface area contributed by atoms with Crippen LogP contribution in [-0.4, -0.2) is 28.5 Å². The number of hydrogen-bond acceptors (Lipinski definition) is 3. The molecule has 0 saturated carbocycles. The number of halogens is 1. The van der Waals surface area contributed by atoms with Crippen molar-refractivity contribution in [2.45, 2.75) is 31.7 Å². The summed E-state index contributed by atoms with van der Waals surface area (Å²) in [6.45, 7) is 2.02. The van der Waals surface area contributed by atoms with Gasteiger partial charge in [0.2, 0.25) is 5.91 Å². The third-order valence-electron chi connectivity index (χ3n) is 6.22. The van der Waals surface area contributed by atoms with Crippen LogP contribution in [0.5, 0.6) is 0 Å². The predicted octanol–water partition coefficient (Wildman–Crippen LogP) is 3.83. The highest BCUT2D eigenvalue weighted by Crippen LogP contribution is 2.35. The van der Waals surface area contributed by atoms with Crippen LogP contribution in [-0.2, 0) is 17.8 Å². The molecule has 2 aliphatic heterocycles. The average molecular weight is 406 g/mol. The number of rotatable bonds is 4. The summed E-state index contributed by atoms with van der Waals surface area (Å²) in [5, 5.41) is 0. The van der Waals surface area contributed by atoms with Crippen LogP contribution in [0.1, 0.15) is 30.2 Å². The number of pyridine rings is 1. The molecule has 2 unspecified atom stereocenters. The van der Waals surface area contributed by atoms with Gasteiger partial charge < -0.3 is 13.9 Å². The lowest BCUT2D eigenvalue weighted by Crippen LogP contribution is -2.49. The van der Waals surface area contributed by atoms with Gasteiger partial charge in [0, 0.05) is 50.2 Å². The normalized spacial score (nSPS) is 20.1. The van der Waals surface area contributed by atoms with Crippen LogP contribution in [0.3, 0.4) is 0 Å². The molecule has 1 fully saturated rings. The van der Waals surface area contributed by atoms with Crippen LogP contribution in [0.4, 0.5) is 4.39 Å². The minimum absolute atomic E-state index is 0.0467. The van der Waals surface area contributed by atoms with Crippen LogP contribution >= 0.6 is 0 Å². The molecule has 2 bridgehead atoms. The van der Waals surface area contributed by atoms with E-state index in [1.165, 1.54) is 6.07 Å². The zero-order chi connectivity index (χ0) is 20.7. The molecule has 2 aromatic heterocycles. The van der Waals surface area contributed by atoms with E-state index in [0.29, 0.717) is 55.5 Å². The van der Waals surface area contributed by atoms with Gasteiger partial charge in [-0.15, -0.1) is 0 Å². The third kappa shape index (κ3) is 3.47. The van der Waals surface area contributed by atoms with Gasteiger partial charge in [0.15, 0.2) is 0 Å². The zero-order valence-electron chi connectivity index (χ0n) is 16.6. The minimum Gasteiger partial charge on any atom is -0.461 e. The quantitative estimate of drug-likeness (QED) is 0.662. The van der Waals surface area contributed by atoms with Gasteiger partial charge in [0.25, 0.3) is 5.56 Å². The fourth-order valence-electron chi connectivity index (χ4n) is 4.81. The first-order valence-electron chi connectivity index (χ1n) is 10.4. The number of carbonyl (C=O) groups is 1. The molecule has 3 aromatic rings. The highest BCUT2D eigenvalue weighted by atomic mass is 19.1. The van der Waals surface area contributed by atoms with E-state index in [2.05, 4.69) is 0 Å². The highest BCUT2D eigenvalue weighted by Gasteiger charge is 2.36. The Hall–Kier alpha value is -3.15. The second kappa shape index (κ2) is 7.59. The van der Waals surface area contributed by atoms with Crippen LogP contribution in [0, 0.1) is 11.7 Å². The molecule has 1 saturated heterocycles. The first-order valence-corrected chi connectivity index (χ1v) is 10.4. The molecule has 6 heteroatoms. The van der Waals surface area contributed by atoms with E-state index in [1.54, 1.807) is 36.4 Å². The lowest BCUT2D eigenvalue weighted by Gasteiger charge is -2.42. The summed E-state index contributed by atoms with van der Waals surface area (Å²) < 4.78 is 21.6. The molecule has 5 rings (SSSR count). The van der Waals surface area contributed by atoms with Crippen molar-refractivity contribution < 1.29 is 13.6 Å². The van der Waals surface area contributed by atoms with E-state index in [0.717, 1.165) is 12.1 Å². The Morgan fingerprint density at radius 3 is 2.77 bits per heavy atom. The summed E-state index contributed by atoms with van der Waals surface area (Å²) in [7, 11) is 0. The summed E-state index contributed by atoms with van der Waals surface area (Å²) >= 11 is 0. The van der Waals surface area contributed by atoms with E-state index >= 15 is 0 Å². The topological polar surface area (TPSA) is 55.5 Å². The molecule has 2 aliphatic rings. The number of amides is 1. The van der Waals surface area contributed by atoms with E-state index in [1.807, 2.05) is 21.6 Å². The SMILES string of the molecule is O=C(CCc1ccc(-c2ccccc2F)o1)N1CC2CC(C1)c1cccc(=O)n1C2. The monoisotopic (exact) mass is 406 g/mol. The Labute approximate surface area is 173 Å². The first-order chi connectivity index (χ1) is 14.6. The summed E-state index contributed by atoms with van der Waals surface area (Å²) in [4.78, 5) is 26.9. The Morgan fingerprint density at radius 2 is 1.90 bits per heavy atom. The summed E-state index contributed by atoms with van der Waals surface area (Å²) in [5.74, 6) is 1.46. The number of aromatic nitrogens is 1. The maximum atomic E-state index is 13.9. The Morgan fingerprint density at radius 1 is 1.03 bits per heavy atom. The zero-order valence-corrected chi connectivity index (χ0v) is 16.6. The molecule has 0 aliphatic carbocycles. The maximum Gasteiger partial charge on any atom is 0.250 e. The number of nitrogens with zero attached hydrogens (tertiary/aromatic N) is 2. The van der Waals surface area contributed by atoms with Gasteiger partial charge in [-0.3, -0.25) is 9.59 Å². The Bertz CT molecular complexity index is 1150. The summed E-state index contributed by atoms with van der Waals surface area (Å²) in [5.41, 5.74) is 1.51. The molecule has 2 atom stereocenters. The molecule has 0 spiro atoms. The molecule has 1 aromatic carbocycles. The fourth-order valence-corrected chi connectivity index (χ4v) is 4.81. The minimum atomic E-state index is -0.325. The van der Waals surface area contributed by atoms with Crippen molar-refractivity contribution in [3.05, 3.63) is 82.2 Å². The number of carbonyl (C=O) groups excluding carboxylic acids is 1. The molecular formula is C24H23FN2O3. The average Bonchev–Trinajstić information content (AvgIpc) is 3.22. The number of likely N-dealkylation sites (tertiary alicyclic amines) is 1. The molecule has 5 nitrogen and oxygen atoms in total. The Balaban J connectivity index is 1.24. The van der Waals surface area contributed by atoms with Crippen LogP contribution < -0.4 is 5.56 Å². The lowest BCUT2D eigenvalue weighted by atomic mass is 9.83. The van der Waals surface area contributed by atoms with Gasteiger partial charge in [-0.05, 0) is 42.7 Å².